The highest BCUT2D eigenvalue weighted by molar-refractivity contribution is 5.89. The Balaban J connectivity index is 1.57. The first-order valence-corrected chi connectivity index (χ1v) is 9.33. The highest BCUT2D eigenvalue weighted by atomic mass is 16.5. The fraction of sp³-hybridized carbons (Fsp3) is 0.208. The molecule has 1 fully saturated rings. The third-order valence-corrected chi connectivity index (χ3v) is 5.20. The van der Waals surface area contributed by atoms with Crippen LogP contribution < -0.4 is 0 Å². The van der Waals surface area contributed by atoms with E-state index in [0.29, 0.717) is 6.61 Å². The molecule has 3 atom stereocenters. The molecule has 1 heterocycles. The summed E-state index contributed by atoms with van der Waals surface area (Å²) >= 11 is 0. The lowest BCUT2D eigenvalue weighted by molar-refractivity contribution is -0.182. The van der Waals surface area contributed by atoms with E-state index in [0.717, 1.165) is 16.7 Å². The number of carbonyl (C=O) groups excluding carboxylic acids is 1. The molecule has 0 saturated carbocycles. The topological polar surface area (TPSA) is 29.5 Å². The van der Waals surface area contributed by atoms with Crippen molar-refractivity contribution in [2.24, 2.45) is 0 Å². The molecule has 1 saturated heterocycles. The second-order valence-electron chi connectivity index (χ2n) is 6.90. The average molecular weight is 357 g/mol. The number of likely N-dealkylation sites (tertiary alicyclic amines) is 1. The Morgan fingerprint density at radius 1 is 0.852 bits per heavy atom. The van der Waals surface area contributed by atoms with Crippen LogP contribution in [-0.4, -0.2) is 16.9 Å². The summed E-state index contributed by atoms with van der Waals surface area (Å²) in [6, 6.07) is 30.2. The van der Waals surface area contributed by atoms with E-state index in [1.54, 1.807) is 0 Å². The van der Waals surface area contributed by atoms with Crippen LogP contribution in [0, 0.1) is 0 Å². The largest absolute Gasteiger partial charge is 0.361 e. The van der Waals surface area contributed by atoms with Crippen LogP contribution >= 0.6 is 0 Å². The van der Waals surface area contributed by atoms with Crippen LogP contribution in [0.2, 0.25) is 0 Å². The number of β-lactam (4-membered cyclic amide) rings is 1. The maximum Gasteiger partial charge on any atom is 0.255 e. The van der Waals surface area contributed by atoms with Gasteiger partial charge in [0.2, 0.25) is 0 Å². The number of rotatable bonds is 6. The maximum absolute atomic E-state index is 13.0. The van der Waals surface area contributed by atoms with E-state index >= 15 is 0 Å². The van der Waals surface area contributed by atoms with Crippen LogP contribution in [0.3, 0.4) is 0 Å². The molecule has 4 rings (SSSR count). The van der Waals surface area contributed by atoms with Crippen molar-refractivity contribution in [3.05, 3.63) is 108 Å². The predicted molar refractivity (Wildman–Crippen MR) is 106 cm³/mol. The third kappa shape index (κ3) is 3.51. The Kier molecular flexibility index (Phi) is 5.03. The van der Waals surface area contributed by atoms with Crippen LogP contribution in [0.15, 0.2) is 91.0 Å². The molecule has 3 heteroatoms. The summed E-state index contributed by atoms with van der Waals surface area (Å²) in [5.74, 6) is 0.0520. The second-order valence-corrected chi connectivity index (χ2v) is 6.90. The highest BCUT2D eigenvalue weighted by Crippen LogP contribution is 2.43. The minimum absolute atomic E-state index is 0.000446. The zero-order valence-electron chi connectivity index (χ0n) is 15.4. The van der Waals surface area contributed by atoms with E-state index in [-0.39, 0.29) is 18.0 Å². The van der Waals surface area contributed by atoms with Gasteiger partial charge in [-0.2, -0.15) is 0 Å². The van der Waals surface area contributed by atoms with Gasteiger partial charge >= 0.3 is 0 Å². The monoisotopic (exact) mass is 357 g/mol. The minimum atomic E-state index is -0.446. The molecule has 0 radical (unpaired) electrons. The Hall–Kier alpha value is -2.91. The van der Waals surface area contributed by atoms with Crippen LogP contribution in [-0.2, 0) is 16.1 Å². The SMILES string of the molecule is CC(c1ccccc1)N1C(=O)[C@@H](OCc2ccccc2)C1c1ccccc1. The van der Waals surface area contributed by atoms with Gasteiger partial charge in [0.1, 0.15) is 0 Å². The van der Waals surface area contributed by atoms with Gasteiger partial charge in [-0.1, -0.05) is 91.0 Å². The van der Waals surface area contributed by atoms with Crippen LogP contribution in [0.4, 0.5) is 0 Å². The molecule has 136 valence electrons. The Morgan fingerprint density at radius 3 is 2.04 bits per heavy atom. The quantitative estimate of drug-likeness (QED) is 0.586. The fourth-order valence-corrected chi connectivity index (χ4v) is 3.71. The summed E-state index contributed by atoms with van der Waals surface area (Å²) in [6.07, 6.45) is -0.446. The Morgan fingerprint density at radius 2 is 1.41 bits per heavy atom. The van der Waals surface area contributed by atoms with E-state index in [2.05, 4.69) is 31.2 Å². The van der Waals surface area contributed by atoms with Crippen molar-refractivity contribution in [2.75, 3.05) is 0 Å². The molecule has 27 heavy (non-hydrogen) atoms. The van der Waals surface area contributed by atoms with Crippen molar-refractivity contribution in [1.82, 2.24) is 4.90 Å². The molecule has 3 nitrogen and oxygen atoms in total. The van der Waals surface area contributed by atoms with Gasteiger partial charge in [-0.05, 0) is 23.6 Å². The van der Waals surface area contributed by atoms with Crippen molar-refractivity contribution >= 4 is 5.91 Å². The molecule has 3 aromatic carbocycles. The molecule has 3 aromatic rings. The summed E-state index contributed by atoms with van der Waals surface area (Å²) in [7, 11) is 0. The van der Waals surface area contributed by atoms with Gasteiger partial charge in [-0.3, -0.25) is 4.79 Å². The molecule has 1 aliphatic rings. The molecular formula is C24H23NO2. The number of ether oxygens (including phenoxy) is 1. The number of hydrogen-bond donors (Lipinski definition) is 0. The normalized spacial score (nSPS) is 20.2. The van der Waals surface area contributed by atoms with Gasteiger partial charge in [0.25, 0.3) is 5.91 Å². The second kappa shape index (κ2) is 7.77. The molecule has 1 aliphatic heterocycles. The highest BCUT2D eigenvalue weighted by Gasteiger charge is 2.51. The lowest BCUT2D eigenvalue weighted by Crippen LogP contribution is -2.60. The van der Waals surface area contributed by atoms with Gasteiger partial charge in [0, 0.05) is 0 Å². The number of amides is 1. The molecule has 0 aliphatic carbocycles. The summed E-state index contributed by atoms with van der Waals surface area (Å²) in [4.78, 5) is 14.9. The Bertz CT molecular complexity index is 880. The minimum Gasteiger partial charge on any atom is -0.361 e. The lowest BCUT2D eigenvalue weighted by Gasteiger charge is -2.50. The molecule has 0 bridgehead atoms. The lowest BCUT2D eigenvalue weighted by atomic mass is 9.87. The van der Waals surface area contributed by atoms with Crippen molar-refractivity contribution in [3.63, 3.8) is 0 Å². The van der Waals surface area contributed by atoms with Gasteiger partial charge in [0.05, 0.1) is 18.7 Å². The Labute approximate surface area is 160 Å². The molecular weight excluding hydrogens is 334 g/mol. The number of carbonyl (C=O) groups is 1. The first-order valence-electron chi connectivity index (χ1n) is 9.33. The first kappa shape index (κ1) is 17.5. The molecule has 2 unspecified atom stereocenters. The summed E-state index contributed by atoms with van der Waals surface area (Å²) in [5.41, 5.74) is 3.32. The van der Waals surface area contributed by atoms with Gasteiger partial charge in [0.15, 0.2) is 6.10 Å². The zero-order chi connectivity index (χ0) is 18.6. The van der Waals surface area contributed by atoms with Gasteiger partial charge in [-0.15, -0.1) is 0 Å². The molecule has 1 amide bonds. The van der Waals surface area contributed by atoms with Crippen molar-refractivity contribution in [3.8, 4) is 0 Å². The summed E-state index contributed by atoms with van der Waals surface area (Å²) < 4.78 is 6.07. The van der Waals surface area contributed by atoms with E-state index in [4.69, 9.17) is 4.74 Å². The van der Waals surface area contributed by atoms with Crippen molar-refractivity contribution in [1.29, 1.82) is 0 Å². The third-order valence-electron chi connectivity index (χ3n) is 5.20. The van der Waals surface area contributed by atoms with E-state index < -0.39 is 6.10 Å². The fourth-order valence-electron chi connectivity index (χ4n) is 3.71. The number of benzene rings is 3. The number of nitrogens with zero attached hydrogens (tertiary/aromatic N) is 1. The standard InChI is InChI=1S/C24H23NO2/c1-18(20-13-7-3-8-14-20)25-22(21-15-9-4-10-16-21)23(24(25)26)27-17-19-11-5-2-6-12-19/h2-16,18,22-23H,17H2,1H3/t18?,22?,23-/m0/s1. The van der Waals surface area contributed by atoms with Crippen LogP contribution in [0.25, 0.3) is 0 Å². The van der Waals surface area contributed by atoms with E-state index in [1.807, 2.05) is 71.6 Å². The molecule has 0 N–H and O–H groups in total. The van der Waals surface area contributed by atoms with Gasteiger partial charge in [-0.25, -0.2) is 0 Å². The average Bonchev–Trinajstić information content (AvgIpc) is 2.74. The number of hydrogen-bond acceptors (Lipinski definition) is 2. The predicted octanol–water partition coefficient (Wildman–Crippen LogP) is 4.92. The van der Waals surface area contributed by atoms with Crippen LogP contribution in [0.1, 0.15) is 35.7 Å². The van der Waals surface area contributed by atoms with E-state index in [1.165, 1.54) is 0 Å². The van der Waals surface area contributed by atoms with Crippen molar-refractivity contribution < 1.29 is 9.53 Å². The molecule has 0 spiro atoms. The smallest absolute Gasteiger partial charge is 0.255 e. The maximum atomic E-state index is 13.0. The summed E-state index contributed by atoms with van der Waals surface area (Å²) in [6.45, 7) is 2.52. The van der Waals surface area contributed by atoms with Gasteiger partial charge < -0.3 is 9.64 Å². The first-order chi connectivity index (χ1) is 13.3. The zero-order valence-corrected chi connectivity index (χ0v) is 15.4. The van der Waals surface area contributed by atoms with E-state index in [9.17, 15) is 4.79 Å². The summed E-state index contributed by atoms with van der Waals surface area (Å²) in [5, 5.41) is 0. The van der Waals surface area contributed by atoms with Crippen LogP contribution in [0.5, 0.6) is 0 Å². The molecule has 0 aromatic heterocycles. The van der Waals surface area contributed by atoms with Crippen molar-refractivity contribution in [2.45, 2.75) is 31.7 Å².